The van der Waals surface area contributed by atoms with E-state index in [2.05, 4.69) is 11.3 Å². The van der Waals surface area contributed by atoms with Gasteiger partial charge in [-0.05, 0) is 12.8 Å². The van der Waals surface area contributed by atoms with E-state index >= 15 is 0 Å². The standard InChI is InChI=1S/C11H16O5/c1-4-10(13)15-7-5-6-8(2)11(14)16-9(3)12/h4,8H,1,5-7H2,2-3H3. The first kappa shape index (κ1) is 14.3. The van der Waals surface area contributed by atoms with Gasteiger partial charge < -0.3 is 9.47 Å². The Kier molecular flexibility index (Phi) is 6.83. The minimum absolute atomic E-state index is 0.225. The summed E-state index contributed by atoms with van der Waals surface area (Å²) >= 11 is 0. The Morgan fingerprint density at radius 3 is 2.50 bits per heavy atom. The van der Waals surface area contributed by atoms with E-state index in [-0.39, 0.29) is 12.5 Å². The Hall–Kier alpha value is -1.65. The van der Waals surface area contributed by atoms with E-state index in [0.717, 1.165) is 6.08 Å². The summed E-state index contributed by atoms with van der Waals surface area (Å²) < 4.78 is 9.14. The van der Waals surface area contributed by atoms with E-state index < -0.39 is 17.9 Å². The highest BCUT2D eigenvalue weighted by molar-refractivity contribution is 5.85. The summed E-state index contributed by atoms with van der Waals surface area (Å²) in [5, 5.41) is 0. The topological polar surface area (TPSA) is 69.7 Å². The molecule has 0 spiro atoms. The summed E-state index contributed by atoms with van der Waals surface area (Å²) in [6, 6.07) is 0. The quantitative estimate of drug-likeness (QED) is 0.296. The molecule has 16 heavy (non-hydrogen) atoms. The molecule has 0 aromatic heterocycles. The van der Waals surface area contributed by atoms with Gasteiger partial charge in [-0.15, -0.1) is 0 Å². The van der Waals surface area contributed by atoms with Gasteiger partial charge in [-0.1, -0.05) is 13.5 Å². The van der Waals surface area contributed by atoms with Crippen molar-refractivity contribution in [3.8, 4) is 0 Å². The predicted octanol–water partition coefficient (Wildman–Crippen LogP) is 1.22. The SMILES string of the molecule is C=CC(=O)OCCCC(C)C(=O)OC(C)=O. The molecule has 0 N–H and O–H groups in total. The summed E-state index contributed by atoms with van der Waals surface area (Å²) in [6.45, 7) is 6.30. The lowest BCUT2D eigenvalue weighted by Crippen LogP contribution is -2.18. The molecule has 1 atom stereocenters. The summed E-state index contributed by atoms with van der Waals surface area (Å²) in [5.41, 5.74) is 0. The third-order valence-corrected chi connectivity index (χ3v) is 1.84. The first-order valence-electron chi connectivity index (χ1n) is 4.98. The van der Waals surface area contributed by atoms with Gasteiger partial charge in [0.1, 0.15) is 0 Å². The highest BCUT2D eigenvalue weighted by atomic mass is 16.6. The largest absolute Gasteiger partial charge is 0.463 e. The molecule has 0 radical (unpaired) electrons. The molecule has 0 aliphatic heterocycles. The van der Waals surface area contributed by atoms with Crippen LogP contribution in [0.15, 0.2) is 12.7 Å². The van der Waals surface area contributed by atoms with Gasteiger partial charge in [0.2, 0.25) is 0 Å². The number of rotatable bonds is 6. The van der Waals surface area contributed by atoms with Crippen LogP contribution in [0.25, 0.3) is 0 Å². The molecule has 0 aromatic carbocycles. The molecule has 0 saturated heterocycles. The molecule has 0 aromatic rings. The van der Waals surface area contributed by atoms with E-state index in [1.807, 2.05) is 0 Å². The smallest absolute Gasteiger partial charge is 0.330 e. The molecular formula is C11H16O5. The molecule has 5 heteroatoms. The Morgan fingerprint density at radius 2 is 2.00 bits per heavy atom. The van der Waals surface area contributed by atoms with E-state index in [1.54, 1.807) is 6.92 Å². The maximum atomic E-state index is 11.2. The van der Waals surface area contributed by atoms with Gasteiger partial charge in [0.05, 0.1) is 12.5 Å². The van der Waals surface area contributed by atoms with Gasteiger partial charge in [0.15, 0.2) is 0 Å². The van der Waals surface area contributed by atoms with Crippen LogP contribution in [0.5, 0.6) is 0 Å². The van der Waals surface area contributed by atoms with Crippen molar-refractivity contribution in [3.63, 3.8) is 0 Å². The molecule has 0 saturated carbocycles. The summed E-state index contributed by atoms with van der Waals surface area (Å²) in [4.78, 5) is 32.3. The van der Waals surface area contributed by atoms with Crippen molar-refractivity contribution in [1.29, 1.82) is 0 Å². The fraction of sp³-hybridized carbons (Fsp3) is 0.545. The fourth-order valence-corrected chi connectivity index (χ4v) is 0.981. The monoisotopic (exact) mass is 228 g/mol. The normalized spacial score (nSPS) is 11.4. The van der Waals surface area contributed by atoms with Gasteiger partial charge in [-0.25, -0.2) is 4.79 Å². The van der Waals surface area contributed by atoms with Crippen molar-refractivity contribution in [2.45, 2.75) is 26.7 Å². The molecule has 0 fully saturated rings. The Balaban J connectivity index is 3.68. The van der Waals surface area contributed by atoms with Crippen LogP contribution in [0.2, 0.25) is 0 Å². The van der Waals surface area contributed by atoms with Gasteiger partial charge >= 0.3 is 17.9 Å². The summed E-state index contributed by atoms with van der Waals surface area (Å²) in [7, 11) is 0. The zero-order valence-corrected chi connectivity index (χ0v) is 9.52. The molecule has 0 aliphatic rings. The second-order valence-corrected chi connectivity index (χ2v) is 3.33. The molecule has 0 rings (SSSR count). The van der Waals surface area contributed by atoms with Gasteiger partial charge in [0.25, 0.3) is 0 Å². The number of esters is 3. The van der Waals surface area contributed by atoms with Crippen LogP contribution in [0.3, 0.4) is 0 Å². The third kappa shape index (κ3) is 6.75. The second-order valence-electron chi connectivity index (χ2n) is 3.33. The second kappa shape index (κ2) is 7.62. The van der Waals surface area contributed by atoms with Crippen molar-refractivity contribution in [2.24, 2.45) is 5.92 Å². The van der Waals surface area contributed by atoms with Crippen molar-refractivity contribution in [1.82, 2.24) is 0 Å². The average molecular weight is 228 g/mol. The highest BCUT2D eigenvalue weighted by Gasteiger charge is 2.15. The molecule has 0 heterocycles. The van der Waals surface area contributed by atoms with E-state index in [0.29, 0.717) is 12.8 Å². The number of carbonyl (C=O) groups excluding carboxylic acids is 3. The van der Waals surface area contributed by atoms with Crippen molar-refractivity contribution < 1.29 is 23.9 Å². The molecule has 90 valence electrons. The lowest BCUT2D eigenvalue weighted by molar-refractivity contribution is -0.160. The Morgan fingerprint density at radius 1 is 1.38 bits per heavy atom. The molecule has 0 bridgehead atoms. The minimum atomic E-state index is -0.616. The highest BCUT2D eigenvalue weighted by Crippen LogP contribution is 2.08. The number of hydrogen-bond acceptors (Lipinski definition) is 5. The maximum absolute atomic E-state index is 11.2. The number of hydrogen-bond donors (Lipinski definition) is 0. The molecular weight excluding hydrogens is 212 g/mol. The number of ether oxygens (including phenoxy) is 2. The first-order chi connectivity index (χ1) is 7.47. The fourth-order valence-electron chi connectivity index (χ4n) is 0.981. The van der Waals surface area contributed by atoms with Crippen molar-refractivity contribution in [2.75, 3.05) is 6.61 Å². The molecule has 0 aliphatic carbocycles. The van der Waals surface area contributed by atoms with Crippen LogP contribution in [-0.4, -0.2) is 24.5 Å². The van der Waals surface area contributed by atoms with Crippen LogP contribution in [0.1, 0.15) is 26.7 Å². The van der Waals surface area contributed by atoms with Crippen LogP contribution in [0, 0.1) is 5.92 Å². The Bertz CT molecular complexity index is 282. The van der Waals surface area contributed by atoms with Crippen LogP contribution in [0.4, 0.5) is 0 Å². The zero-order chi connectivity index (χ0) is 12.6. The predicted molar refractivity (Wildman–Crippen MR) is 56.3 cm³/mol. The van der Waals surface area contributed by atoms with Crippen LogP contribution < -0.4 is 0 Å². The van der Waals surface area contributed by atoms with E-state index in [9.17, 15) is 14.4 Å². The van der Waals surface area contributed by atoms with Gasteiger partial charge in [0, 0.05) is 13.0 Å². The van der Waals surface area contributed by atoms with Crippen LogP contribution >= 0.6 is 0 Å². The van der Waals surface area contributed by atoms with Crippen molar-refractivity contribution >= 4 is 17.9 Å². The molecule has 0 amide bonds. The maximum Gasteiger partial charge on any atom is 0.330 e. The van der Waals surface area contributed by atoms with E-state index in [4.69, 9.17) is 4.74 Å². The van der Waals surface area contributed by atoms with Crippen LogP contribution in [-0.2, 0) is 23.9 Å². The van der Waals surface area contributed by atoms with Gasteiger partial charge in [-0.3, -0.25) is 9.59 Å². The minimum Gasteiger partial charge on any atom is -0.463 e. The summed E-state index contributed by atoms with van der Waals surface area (Å²) in [6.07, 6.45) is 2.11. The van der Waals surface area contributed by atoms with Gasteiger partial charge in [-0.2, -0.15) is 0 Å². The summed E-state index contributed by atoms with van der Waals surface area (Å²) in [5.74, 6) is -2.04. The van der Waals surface area contributed by atoms with Crippen molar-refractivity contribution in [3.05, 3.63) is 12.7 Å². The lowest BCUT2D eigenvalue weighted by Gasteiger charge is -2.08. The first-order valence-corrected chi connectivity index (χ1v) is 4.98. The molecule has 5 nitrogen and oxygen atoms in total. The lowest BCUT2D eigenvalue weighted by atomic mass is 10.1. The zero-order valence-electron chi connectivity index (χ0n) is 9.52. The number of carbonyl (C=O) groups is 3. The van der Waals surface area contributed by atoms with E-state index in [1.165, 1.54) is 6.92 Å². The molecule has 1 unspecified atom stereocenters. The third-order valence-electron chi connectivity index (χ3n) is 1.84. The average Bonchev–Trinajstić information content (AvgIpc) is 2.22. The Labute approximate surface area is 94.4 Å².